The maximum Gasteiger partial charge on any atom is 0.326 e. The summed E-state index contributed by atoms with van der Waals surface area (Å²) in [7, 11) is 0. The molecule has 0 bridgehead atoms. The molecule has 4 amide bonds. The van der Waals surface area contributed by atoms with Crippen molar-refractivity contribution >= 4 is 29.6 Å². The predicted octanol–water partition coefficient (Wildman–Crippen LogP) is 0.355. The highest BCUT2D eigenvalue weighted by atomic mass is 16.4. The van der Waals surface area contributed by atoms with Crippen LogP contribution in [0.15, 0.2) is 54.6 Å². The van der Waals surface area contributed by atoms with E-state index in [9.17, 15) is 34.2 Å². The quantitative estimate of drug-likeness (QED) is 0.149. The lowest BCUT2D eigenvalue weighted by molar-refractivity contribution is -0.143. The van der Waals surface area contributed by atoms with Crippen molar-refractivity contribution in [3.63, 3.8) is 0 Å². The number of carbonyl (C=O) groups excluding carboxylic acids is 4. The maximum absolute atomic E-state index is 13.5. The first kappa shape index (κ1) is 32.8. The number of phenols is 1. The largest absolute Gasteiger partial charge is 0.508 e. The Labute approximate surface area is 238 Å². The molecule has 2 aromatic carbocycles. The highest BCUT2D eigenvalue weighted by molar-refractivity contribution is 5.94. The second kappa shape index (κ2) is 16.0. The molecule has 0 saturated carbocycles. The Hall–Kier alpha value is -4.45. The first-order valence-electron chi connectivity index (χ1n) is 13.4. The van der Waals surface area contributed by atoms with Crippen LogP contribution in [0.3, 0.4) is 0 Å². The number of hydrogen-bond donors (Lipinski definition) is 7. The number of nitrogens with two attached hydrogens (primary N) is 2. The molecular weight excluding hydrogens is 530 g/mol. The molecule has 0 heterocycles. The van der Waals surface area contributed by atoms with E-state index in [1.54, 1.807) is 26.0 Å². The van der Waals surface area contributed by atoms with Crippen molar-refractivity contribution in [2.24, 2.45) is 17.4 Å². The zero-order chi connectivity index (χ0) is 30.5. The fourth-order valence-electron chi connectivity index (χ4n) is 4.08. The number of aliphatic carboxylic acids is 1. The van der Waals surface area contributed by atoms with E-state index in [1.807, 2.05) is 30.3 Å². The zero-order valence-electron chi connectivity index (χ0n) is 23.2. The third kappa shape index (κ3) is 10.9. The van der Waals surface area contributed by atoms with Crippen molar-refractivity contribution in [2.75, 3.05) is 0 Å². The van der Waals surface area contributed by atoms with Gasteiger partial charge in [-0.2, -0.15) is 0 Å². The van der Waals surface area contributed by atoms with Gasteiger partial charge in [0.2, 0.25) is 23.6 Å². The summed E-state index contributed by atoms with van der Waals surface area (Å²) >= 11 is 0. The lowest BCUT2D eigenvalue weighted by atomic mass is 9.96. The van der Waals surface area contributed by atoms with E-state index in [0.717, 1.165) is 5.56 Å². The van der Waals surface area contributed by atoms with Crippen molar-refractivity contribution in [1.29, 1.82) is 0 Å². The normalized spacial score (nSPS) is 14.5. The molecule has 0 aliphatic rings. The first-order chi connectivity index (χ1) is 19.4. The third-order valence-electron chi connectivity index (χ3n) is 6.73. The van der Waals surface area contributed by atoms with Gasteiger partial charge >= 0.3 is 5.97 Å². The summed E-state index contributed by atoms with van der Waals surface area (Å²) in [4.78, 5) is 62.5. The number of benzene rings is 2. The Kier molecular flexibility index (Phi) is 12.8. The summed E-state index contributed by atoms with van der Waals surface area (Å²) < 4.78 is 0. The highest BCUT2D eigenvalue weighted by Gasteiger charge is 2.33. The van der Waals surface area contributed by atoms with Gasteiger partial charge in [-0.25, -0.2) is 4.79 Å². The van der Waals surface area contributed by atoms with Crippen LogP contribution in [0.5, 0.6) is 5.75 Å². The van der Waals surface area contributed by atoms with Crippen molar-refractivity contribution < 1.29 is 34.2 Å². The van der Waals surface area contributed by atoms with E-state index in [-0.39, 0.29) is 31.4 Å². The summed E-state index contributed by atoms with van der Waals surface area (Å²) in [6.07, 6.45) is 0.271. The Morgan fingerprint density at radius 2 is 1.39 bits per heavy atom. The van der Waals surface area contributed by atoms with Crippen LogP contribution in [0.2, 0.25) is 0 Å². The van der Waals surface area contributed by atoms with Gasteiger partial charge in [-0.05, 0) is 42.0 Å². The van der Waals surface area contributed by atoms with Gasteiger partial charge in [-0.3, -0.25) is 19.2 Å². The molecule has 222 valence electrons. The van der Waals surface area contributed by atoms with Crippen LogP contribution in [0.4, 0.5) is 0 Å². The molecule has 0 saturated heterocycles. The van der Waals surface area contributed by atoms with Crippen molar-refractivity contribution in [1.82, 2.24) is 16.0 Å². The van der Waals surface area contributed by atoms with Gasteiger partial charge in [0.05, 0.1) is 6.04 Å². The lowest BCUT2D eigenvalue weighted by Gasteiger charge is -2.28. The molecule has 0 radical (unpaired) electrons. The van der Waals surface area contributed by atoms with Crippen LogP contribution in [0, 0.1) is 5.92 Å². The monoisotopic (exact) mass is 569 g/mol. The summed E-state index contributed by atoms with van der Waals surface area (Å²) in [5.74, 6) is -4.44. The van der Waals surface area contributed by atoms with Crippen molar-refractivity contribution in [2.45, 2.75) is 70.1 Å². The van der Waals surface area contributed by atoms with Crippen molar-refractivity contribution in [3.05, 3.63) is 65.7 Å². The van der Waals surface area contributed by atoms with Crippen molar-refractivity contribution in [3.8, 4) is 5.75 Å². The van der Waals surface area contributed by atoms with Gasteiger partial charge in [-0.15, -0.1) is 0 Å². The molecule has 12 nitrogen and oxygen atoms in total. The Morgan fingerprint density at radius 1 is 0.805 bits per heavy atom. The van der Waals surface area contributed by atoms with E-state index in [2.05, 4.69) is 16.0 Å². The Balaban J connectivity index is 2.24. The maximum atomic E-state index is 13.5. The van der Waals surface area contributed by atoms with Crippen LogP contribution in [-0.2, 0) is 36.8 Å². The van der Waals surface area contributed by atoms with E-state index < -0.39 is 59.7 Å². The van der Waals surface area contributed by atoms with E-state index in [0.29, 0.717) is 12.0 Å². The molecule has 0 aromatic heterocycles. The van der Waals surface area contributed by atoms with Gasteiger partial charge in [0.15, 0.2) is 0 Å². The molecule has 0 fully saturated rings. The molecule has 41 heavy (non-hydrogen) atoms. The minimum atomic E-state index is -1.39. The molecule has 5 atom stereocenters. The average molecular weight is 570 g/mol. The van der Waals surface area contributed by atoms with Crippen LogP contribution < -0.4 is 27.4 Å². The van der Waals surface area contributed by atoms with Gasteiger partial charge in [0.25, 0.3) is 0 Å². The second-order valence-corrected chi connectivity index (χ2v) is 10.0. The summed E-state index contributed by atoms with van der Waals surface area (Å²) in [5, 5.41) is 26.8. The Bertz CT molecular complexity index is 1190. The number of aromatic hydroxyl groups is 1. The highest BCUT2D eigenvalue weighted by Crippen LogP contribution is 2.14. The van der Waals surface area contributed by atoms with Crippen LogP contribution >= 0.6 is 0 Å². The van der Waals surface area contributed by atoms with E-state index in [4.69, 9.17) is 11.5 Å². The number of amides is 4. The Morgan fingerprint density at radius 3 is 1.95 bits per heavy atom. The summed E-state index contributed by atoms with van der Waals surface area (Å²) in [6.45, 7) is 3.52. The fraction of sp³-hybridized carbons (Fsp3) is 0.414. The molecular formula is C29H39N5O7. The predicted molar refractivity (Wildman–Crippen MR) is 151 cm³/mol. The number of phenolic OH excluding ortho intramolecular Hbond substituents is 1. The van der Waals surface area contributed by atoms with Gasteiger partial charge in [0.1, 0.15) is 23.9 Å². The van der Waals surface area contributed by atoms with Crippen LogP contribution in [0.1, 0.15) is 44.2 Å². The topological polar surface area (TPSA) is 214 Å². The fourth-order valence-corrected chi connectivity index (χ4v) is 4.08. The van der Waals surface area contributed by atoms with Gasteiger partial charge in [-0.1, -0.05) is 62.7 Å². The van der Waals surface area contributed by atoms with E-state index in [1.165, 1.54) is 12.1 Å². The molecule has 0 aliphatic carbocycles. The van der Waals surface area contributed by atoms with Crippen LogP contribution in [0.25, 0.3) is 0 Å². The third-order valence-corrected chi connectivity index (χ3v) is 6.73. The molecule has 5 unspecified atom stereocenters. The van der Waals surface area contributed by atoms with E-state index >= 15 is 0 Å². The first-order valence-corrected chi connectivity index (χ1v) is 13.4. The smallest absolute Gasteiger partial charge is 0.326 e. The molecule has 2 rings (SSSR count). The number of carboxylic acid groups (broad SMARTS) is 1. The van der Waals surface area contributed by atoms with Gasteiger partial charge < -0.3 is 37.6 Å². The minimum Gasteiger partial charge on any atom is -0.508 e. The minimum absolute atomic E-state index is 0.0289. The number of primary amides is 1. The molecule has 9 N–H and O–H groups in total. The number of carbonyl (C=O) groups is 5. The lowest BCUT2D eigenvalue weighted by Crippen LogP contribution is -2.59. The SMILES string of the molecule is CCC(C)C(NC(=O)C(Cc1ccc(O)cc1)NC(=O)C(N)Cc1ccccc1)C(=O)NC(CCC(N)=O)C(=O)O. The summed E-state index contributed by atoms with van der Waals surface area (Å²) in [5.41, 5.74) is 12.7. The summed E-state index contributed by atoms with van der Waals surface area (Å²) in [6, 6.07) is 10.6. The van der Waals surface area contributed by atoms with Crippen LogP contribution in [-0.4, -0.2) is 64.0 Å². The standard InChI is InChI=1S/C29H39N5O7/c1-3-17(2)25(28(39)32-22(29(40)41)13-14-24(31)36)34-27(38)23(16-19-9-11-20(35)12-10-19)33-26(37)21(30)15-18-7-5-4-6-8-18/h4-12,17,21-23,25,35H,3,13-16,30H2,1-2H3,(H2,31,36)(H,32,39)(H,33,37)(H,34,38)(H,40,41). The molecule has 0 spiro atoms. The molecule has 0 aliphatic heterocycles. The number of nitrogens with one attached hydrogen (secondary N) is 3. The van der Waals surface area contributed by atoms with Gasteiger partial charge in [0, 0.05) is 12.8 Å². The number of rotatable bonds is 16. The second-order valence-electron chi connectivity index (χ2n) is 10.0. The number of carboxylic acids is 1. The average Bonchev–Trinajstić information content (AvgIpc) is 2.94. The number of hydrogen-bond acceptors (Lipinski definition) is 7. The molecule has 12 heteroatoms. The zero-order valence-corrected chi connectivity index (χ0v) is 23.2. The molecule has 2 aromatic rings.